The van der Waals surface area contributed by atoms with Crippen molar-refractivity contribution < 1.29 is 14.3 Å². The Morgan fingerprint density at radius 1 is 1.09 bits per heavy atom. The van der Waals surface area contributed by atoms with Crippen molar-refractivity contribution in [2.45, 2.75) is 72.0 Å². The van der Waals surface area contributed by atoms with E-state index in [1.807, 2.05) is 58.9 Å². The van der Waals surface area contributed by atoms with Crippen LogP contribution in [-0.2, 0) is 16.1 Å². The molecule has 0 aliphatic rings. The molecule has 174 valence electrons. The molecule has 0 saturated heterocycles. The number of ether oxygens (including phenoxy) is 1. The number of benzene rings is 2. The van der Waals surface area contributed by atoms with Crippen LogP contribution in [0.1, 0.15) is 58.1 Å². The minimum atomic E-state index is -0.529. The van der Waals surface area contributed by atoms with Gasteiger partial charge in [-0.15, -0.1) is 0 Å². The van der Waals surface area contributed by atoms with Crippen molar-refractivity contribution in [1.29, 1.82) is 0 Å². The predicted octanol–water partition coefficient (Wildman–Crippen LogP) is 5.53. The minimum Gasteiger partial charge on any atom is -0.494 e. The van der Waals surface area contributed by atoms with Crippen LogP contribution in [0.25, 0.3) is 0 Å². The summed E-state index contributed by atoms with van der Waals surface area (Å²) in [5, 5.41) is 3.68. The molecule has 2 amide bonds. The van der Waals surface area contributed by atoms with Gasteiger partial charge >= 0.3 is 0 Å². The summed E-state index contributed by atoms with van der Waals surface area (Å²) in [6.45, 7) is 10.6. The first-order valence-corrected chi connectivity index (χ1v) is 11.5. The van der Waals surface area contributed by atoms with Crippen molar-refractivity contribution in [2.75, 3.05) is 6.61 Å². The van der Waals surface area contributed by atoms with Gasteiger partial charge < -0.3 is 15.0 Å². The maximum absolute atomic E-state index is 13.3. The molecule has 2 aromatic carbocycles. The van der Waals surface area contributed by atoms with Crippen LogP contribution in [0.3, 0.4) is 0 Å². The molecule has 0 aliphatic heterocycles. The number of carbonyl (C=O) groups excluding carboxylic acids is 2. The highest BCUT2D eigenvalue weighted by molar-refractivity contribution is 6.30. The zero-order chi connectivity index (χ0) is 23.7. The van der Waals surface area contributed by atoms with E-state index in [9.17, 15) is 9.59 Å². The minimum absolute atomic E-state index is 0.0520. The molecule has 6 heteroatoms. The quantitative estimate of drug-likeness (QED) is 0.476. The second kappa shape index (κ2) is 11.9. The maximum atomic E-state index is 13.3. The van der Waals surface area contributed by atoms with Crippen LogP contribution in [0.4, 0.5) is 0 Å². The largest absolute Gasteiger partial charge is 0.494 e. The van der Waals surface area contributed by atoms with Crippen molar-refractivity contribution in [3.8, 4) is 5.75 Å². The molecule has 0 bridgehead atoms. The lowest BCUT2D eigenvalue weighted by atomic mass is 10.0. The predicted molar refractivity (Wildman–Crippen MR) is 130 cm³/mol. The second-order valence-corrected chi connectivity index (χ2v) is 9.45. The first kappa shape index (κ1) is 25.7. The number of amides is 2. The number of carbonyl (C=O) groups is 2. The molecule has 0 fully saturated rings. The number of hydrogen-bond acceptors (Lipinski definition) is 3. The third-order valence-electron chi connectivity index (χ3n) is 5.10. The smallest absolute Gasteiger partial charge is 0.243 e. The Bertz CT molecular complexity index is 891. The molecule has 1 N–H and O–H groups in total. The fraction of sp³-hybridized carbons (Fsp3) is 0.462. The molecular weight excluding hydrogens is 424 g/mol. The van der Waals surface area contributed by atoms with Crippen molar-refractivity contribution in [2.24, 2.45) is 0 Å². The summed E-state index contributed by atoms with van der Waals surface area (Å²) in [4.78, 5) is 28.0. The molecule has 2 rings (SSSR count). The van der Waals surface area contributed by atoms with Gasteiger partial charge in [0.15, 0.2) is 0 Å². The number of rotatable bonds is 10. The molecule has 0 unspecified atom stereocenters. The lowest BCUT2D eigenvalue weighted by molar-refractivity contribution is -0.142. The van der Waals surface area contributed by atoms with E-state index in [0.717, 1.165) is 16.9 Å². The van der Waals surface area contributed by atoms with Crippen LogP contribution in [0.5, 0.6) is 5.75 Å². The number of hydrogen-bond donors (Lipinski definition) is 1. The van der Waals surface area contributed by atoms with E-state index < -0.39 is 6.04 Å². The lowest BCUT2D eigenvalue weighted by Crippen LogP contribution is -2.53. The van der Waals surface area contributed by atoms with Crippen molar-refractivity contribution >= 4 is 23.4 Å². The van der Waals surface area contributed by atoms with Gasteiger partial charge in [-0.25, -0.2) is 0 Å². The highest BCUT2D eigenvalue weighted by Crippen LogP contribution is 2.19. The molecule has 0 aliphatic carbocycles. The molecule has 0 heterocycles. The molecule has 1 atom stereocenters. The van der Waals surface area contributed by atoms with Crippen molar-refractivity contribution in [1.82, 2.24) is 10.2 Å². The first-order chi connectivity index (χ1) is 15.1. The average Bonchev–Trinajstić information content (AvgIpc) is 2.72. The Balaban J connectivity index is 2.09. The second-order valence-electron chi connectivity index (χ2n) is 9.02. The Labute approximate surface area is 197 Å². The van der Waals surface area contributed by atoms with E-state index in [2.05, 4.69) is 5.32 Å². The maximum Gasteiger partial charge on any atom is 0.243 e. The molecule has 0 radical (unpaired) electrons. The molecule has 32 heavy (non-hydrogen) atoms. The molecule has 0 saturated carbocycles. The molecule has 5 nitrogen and oxygen atoms in total. The van der Waals surface area contributed by atoms with Crippen molar-refractivity contribution in [3.05, 3.63) is 64.7 Å². The summed E-state index contributed by atoms with van der Waals surface area (Å²) in [6, 6.07) is 14.6. The number of nitrogens with zero attached hydrogens (tertiary/aromatic N) is 1. The van der Waals surface area contributed by atoms with Crippen LogP contribution in [-0.4, -0.2) is 34.9 Å². The number of halogens is 1. The van der Waals surface area contributed by atoms with Crippen molar-refractivity contribution in [3.63, 3.8) is 0 Å². The molecule has 0 aromatic heterocycles. The van der Waals surface area contributed by atoms with E-state index in [4.69, 9.17) is 16.3 Å². The Kier molecular flexibility index (Phi) is 9.58. The van der Waals surface area contributed by atoms with E-state index >= 15 is 0 Å². The van der Waals surface area contributed by atoms with Crippen LogP contribution in [0, 0.1) is 6.92 Å². The van der Waals surface area contributed by atoms with Gasteiger partial charge in [0, 0.05) is 23.5 Å². The van der Waals surface area contributed by atoms with Gasteiger partial charge in [-0.2, -0.15) is 0 Å². The summed E-state index contributed by atoms with van der Waals surface area (Å²) in [6.07, 6.45) is 1.41. The summed E-state index contributed by atoms with van der Waals surface area (Å²) < 4.78 is 5.72. The fourth-order valence-corrected chi connectivity index (χ4v) is 3.56. The van der Waals surface area contributed by atoms with Crippen LogP contribution < -0.4 is 10.1 Å². The standard InChI is InChI=1S/C26H35ClN2O3/c1-6-23(25(31)28-26(3,4)5)29(18-20-11-8-7-10-19(20)2)24(30)12-9-17-32-22-15-13-21(27)14-16-22/h7-8,10-11,13-16,23H,6,9,12,17-18H2,1-5H3,(H,28,31)/t23-/m1/s1. The van der Waals surface area contributed by atoms with Gasteiger partial charge in [-0.3, -0.25) is 9.59 Å². The number of nitrogens with one attached hydrogen (secondary N) is 1. The summed E-state index contributed by atoms with van der Waals surface area (Å²) in [5.41, 5.74) is 1.77. The normalized spacial score (nSPS) is 12.2. The zero-order valence-corrected chi connectivity index (χ0v) is 20.5. The Morgan fingerprint density at radius 2 is 1.75 bits per heavy atom. The van der Waals surface area contributed by atoms with Gasteiger partial charge in [-0.1, -0.05) is 42.8 Å². The van der Waals surface area contributed by atoms with Crippen LogP contribution in [0.2, 0.25) is 5.02 Å². The average molecular weight is 459 g/mol. The van der Waals surface area contributed by atoms with E-state index in [1.165, 1.54) is 0 Å². The Hall–Kier alpha value is -2.53. The van der Waals surface area contributed by atoms with Crippen LogP contribution >= 0.6 is 11.6 Å². The van der Waals surface area contributed by atoms with Gasteiger partial charge in [0.25, 0.3) is 0 Å². The Morgan fingerprint density at radius 3 is 2.34 bits per heavy atom. The SMILES string of the molecule is CC[C@H](C(=O)NC(C)(C)C)N(Cc1ccccc1C)C(=O)CCCOc1ccc(Cl)cc1. The van der Waals surface area contributed by atoms with Gasteiger partial charge in [0.1, 0.15) is 11.8 Å². The van der Waals surface area contributed by atoms with Gasteiger partial charge in [-0.05, 0) is 75.9 Å². The van der Waals surface area contributed by atoms with Gasteiger partial charge in [0.05, 0.1) is 6.61 Å². The van der Waals surface area contributed by atoms with E-state index in [1.54, 1.807) is 29.2 Å². The summed E-state index contributed by atoms with van der Waals surface area (Å²) in [5.74, 6) is 0.540. The zero-order valence-electron chi connectivity index (χ0n) is 19.8. The first-order valence-electron chi connectivity index (χ1n) is 11.1. The highest BCUT2D eigenvalue weighted by atomic mass is 35.5. The van der Waals surface area contributed by atoms with Gasteiger partial charge in [0.2, 0.25) is 11.8 Å². The molecular formula is C26H35ClN2O3. The topological polar surface area (TPSA) is 58.6 Å². The third-order valence-corrected chi connectivity index (χ3v) is 5.36. The van der Waals surface area contributed by atoms with E-state index in [-0.39, 0.29) is 17.4 Å². The summed E-state index contributed by atoms with van der Waals surface area (Å²) in [7, 11) is 0. The third kappa shape index (κ3) is 8.19. The van der Waals surface area contributed by atoms with E-state index in [0.29, 0.717) is 37.4 Å². The summed E-state index contributed by atoms with van der Waals surface area (Å²) >= 11 is 5.90. The fourth-order valence-electron chi connectivity index (χ4n) is 3.43. The lowest BCUT2D eigenvalue weighted by Gasteiger charge is -2.33. The molecule has 2 aromatic rings. The molecule has 0 spiro atoms. The number of aryl methyl sites for hydroxylation is 1. The van der Waals surface area contributed by atoms with Crippen LogP contribution in [0.15, 0.2) is 48.5 Å². The highest BCUT2D eigenvalue weighted by Gasteiger charge is 2.30. The monoisotopic (exact) mass is 458 g/mol.